The van der Waals surface area contributed by atoms with Crippen molar-refractivity contribution in [3.63, 3.8) is 0 Å². The molecule has 93 heavy (non-hydrogen) atoms. The molecule has 4 atom stereocenters. The predicted molar refractivity (Wildman–Crippen MR) is 352 cm³/mol. The predicted octanol–water partition coefficient (Wildman–Crippen LogP) is 5.31. The normalized spacial score (nSPS) is 12.1. The summed E-state index contributed by atoms with van der Waals surface area (Å²) in [5.41, 5.74) is 30.6. The van der Waals surface area contributed by atoms with Crippen molar-refractivity contribution >= 4 is 58.6 Å². The number of nitrogens with two attached hydrogens (primary N) is 5. The van der Waals surface area contributed by atoms with Crippen LogP contribution >= 0.6 is 0 Å². The largest absolute Gasteiger partial charge is 0.496 e. The minimum atomic E-state index is -1.22. The summed E-state index contributed by atoms with van der Waals surface area (Å²) in [7, 11) is 5.50. The first-order valence-electron chi connectivity index (χ1n) is 30.7. The van der Waals surface area contributed by atoms with Crippen molar-refractivity contribution in [2.24, 2.45) is 28.7 Å². The number of carboxylic acids is 1. The molecule has 15 N–H and O–H groups in total. The van der Waals surface area contributed by atoms with Gasteiger partial charge in [0.05, 0.1) is 80.4 Å². The number of aromatic carboxylic acids is 1. The lowest BCUT2D eigenvalue weighted by Crippen LogP contribution is -2.42. The third-order valence-corrected chi connectivity index (χ3v) is 15.5. The Kier molecular flexibility index (Phi) is 32.0. The molecule has 0 bridgehead atoms. The third-order valence-electron chi connectivity index (χ3n) is 15.5. The molecule has 0 saturated heterocycles. The van der Waals surface area contributed by atoms with Crippen LogP contribution in [0.3, 0.4) is 0 Å². The average Bonchev–Trinajstić information content (AvgIpc) is 0.918. The van der Waals surface area contributed by atoms with Crippen molar-refractivity contribution < 1.29 is 72.0 Å². The van der Waals surface area contributed by atoms with Gasteiger partial charge in [0.1, 0.15) is 23.0 Å². The number of hydrogen-bond acceptors (Lipinski definition) is 18. The molecule has 0 unspecified atom stereocenters. The number of carboxylic acid groups (broad SMARTS) is 1. The zero-order valence-electron chi connectivity index (χ0n) is 52.7. The quantitative estimate of drug-likeness (QED) is 0.0221. The number of hydrogen-bond donors (Lipinski definition) is 10. The highest BCUT2D eigenvalue weighted by Gasteiger charge is 2.30. The van der Waals surface area contributed by atoms with Crippen LogP contribution in [0.15, 0.2) is 97.1 Å². The summed E-state index contributed by atoms with van der Waals surface area (Å²) in [6.45, 7) is 1.37. The first-order valence-corrected chi connectivity index (χ1v) is 30.7. The van der Waals surface area contributed by atoms with E-state index in [1.165, 1.54) is 101 Å². The highest BCUT2D eigenvalue weighted by atomic mass is 16.5. The maximum atomic E-state index is 14.4. The van der Waals surface area contributed by atoms with Crippen molar-refractivity contribution in [2.75, 3.05) is 54.6 Å². The Labute approximate surface area is 543 Å². The second kappa shape index (κ2) is 39.1. The molecule has 0 fully saturated rings. The van der Waals surface area contributed by atoms with Crippen molar-refractivity contribution in [3.8, 4) is 23.0 Å². The van der Waals surface area contributed by atoms with Crippen LogP contribution in [0.2, 0.25) is 0 Å². The Morgan fingerprint density at radius 1 is 0.376 bits per heavy atom. The van der Waals surface area contributed by atoms with Crippen LogP contribution < -0.4 is 68.9 Å². The lowest BCUT2D eigenvalue weighted by molar-refractivity contribution is -0.121. The summed E-state index contributed by atoms with van der Waals surface area (Å²) in [6, 6.07) is 19.8. The first kappa shape index (κ1) is 76.1. The maximum Gasteiger partial charge on any atom is 0.335 e. The third kappa shape index (κ3) is 23.1. The molecule has 5 amide bonds. The van der Waals surface area contributed by atoms with Gasteiger partial charge in [-0.25, -0.2) is 4.79 Å². The number of primary amides is 1. The highest BCUT2D eigenvalue weighted by molar-refractivity contribution is 6.04. The van der Waals surface area contributed by atoms with E-state index in [0.29, 0.717) is 99.8 Å². The van der Waals surface area contributed by atoms with Crippen molar-refractivity contribution in [2.45, 2.75) is 134 Å². The van der Waals surface area contributed by atoms with Crippen molar-refractivity contribution in [1.82, 2.24) is 21.3 Å². The van der Waals surface area contributed by atoms with Crippen LogP contribution in [-0.4, -0.2) is 143 Å². The van der Waals surface area contributed by atoms with E-state index >= 15 is 0 Å². The van der Waals surface area contributed by atoms with E-state index in [1.54, 1.807) is 24.3 Å². The molecule has 0 heterocycles. The van der Waals surface area contributed by atoms with E-state index in [9.17, 15) is 53.1 Å². The number of benzene rings is 5. The Morgan fingerprint density at radius 3 is 0.914 bits per heavy atom. The van der Waals surface area contributed by atoms with Gasteiger partial charge in [-0.3, -0.25) is 43.2 Å². The fourth-order valence-corrected chi connectivity index (χ4v) is 10.5. The van der Waals surface area contributed by atoms with Gasteiger partial charge in [-0.15, -0.1) is 0 Å². The molecule has 0 aliphatic rings. The number of methoxy groups -OCH3 is 4. The van der Waals surface area contributed by atoms with Gasteiger partial charge in [0, 0.05) is 31.2 Å². The van der Waals surface area contributed by atoms with E-state index < -0.39 is 71.2 Å². The van der Waals surface area contributed by atoms with Gasteiger partial charge in [0.2, 0.25) is 0 Å². The molecule has 24 heteroatoms. The van der Waals surface area contributed by atoms with Gasteiger partial charge < -0.3 is 74.0 Å². The number of Topliss-reactive ketones (excluding diaryl/α,β-unsaturated/α-hetero) is 4. The van der Waals surface area contributed by atoms with Gasteiger partial charge in [0.15, 0.2) is 23.1 Å². The molecule has 502 valence electrons. The lowest BCUT2D eigenvalue weighted by atomic mass is 9.95. The molecule has 0 aliphatic carbocycles. The summed E-state index contributed by atoms with van der Waals surface area (Å²) in [4.78, 5) is 137. The number of carbonyl (C=O) groups is 10. The van der Waals surface area contributed by atoms with E-state index in [1.807, 2.05) is 0 Å². The molecular weight excluding hydrogens is 1190 g/mol. The van der Waals surface area contributed by atoms with Crippen LogP contribution in [0, 0.1) is 0 Å². The Bertz CT molecular complexity index is 3410. The Balaban J connectivity index is 0.0000184. The lowest BCUT2D eigenvalue weighted by Gasteiger charge is -2.21. The van der Waals surface area contributed by atoms with Crippen LogP contribution in [-0.2, 0) is 44.9 Å². The Hall–Kier alpha value is -9.36. The smallest absolute Gasteiger partial charge is 0.335 e. The first-order chi connectivity index (χ1) is 44.2. The highest BCUT2D eigenvalue weighted by Crippen LogP contribution is 2.27. The summed E-state index contributed by atoms with van der Waals surface area (Å²) >= 11 is 0. The number of amides is 5. The molecule has 0 aromatic heterocycles. The number of nitrogens with one attached hydrogen (secondary N) is 4. The van der Waals surface area contributed by atoms with Gasteiger partial charge in [0.25, 0.3) is 29.5 Å². The summed E-state index contributed by atoms with van der Waals surface area (Å²) in [5, 5.41) is 20.8. The van der Waals surface area contributed by atoms with Crippen LogP contribution in [0.5, 0.6) is 23.0 Å². The van der Waals surface area contributed by atoms with E-state index in [0.717, 1.165) is 0 Å². The van der Waals surface area contributed by atoms with E-state index in [4.69, 9.17) is 47.6 Å². The number of ketones is 4. The maximum absolute atomic E-state index is 14.4. The van der Waals surface area contributed by atoms with Gasteiger partial charge in [-0.1, -0.05) is 37.8 Å². The topological polar surface area (TPSA) is 406 Å². The molecule has 0 saturated carbocycles. The minimum Gasteiger partial charge on any atom is -0.496 e. The molecule has 5 aromatic carbocycles. The molecule has 0 aliphatic heterocycles. The molecule has 5 aromatic rings. The van der Waals surface area contributed by atoms with E-state index in [-0.39, 0.29) is 127 Å². The minimum absolute atomic E-state index is 0. The summed E-state index contributed by atoms with van der Waals surface area (Å²) < 4.78 is 22.0. The van der Waals surface area contributed by atoms with E-state index in [2.05, 4.69) is 21.3 Å². The molecule has 0 spiro atoms. The second-order valence-corrected chi connectivity index (χ2v) is 22.2. The van der Waals surface area contributed by atoms with Crippen molar-refractivity contribution in [1.29, 1.82) is 0 Å². The van der Waals surface area contributed by atoms with Gasteiger partial charge >= 0.3 is 5.97 Å². The van der Waals surface area contributed by atoms with Crippen LogP contribution in [0.4, 0.5) is 0 Å². The van der Waals surface area contributed by atoms with Gasteiger partial charge in [-0.05, 0) is 192 Å². The summed E-state index contributed by atoms with van der Waals surface area (Å²) in [5.74, 6) is -5.44. The molecule has 0 radical (unpaired) electrons. The van der Waals surface area contributed by atoms with Crippen LogP contribution in [0.25, 0.3) is 0 Å². The number of carbonyl (C=O) groups excluding carboxylic acids is 9. The zero-order valence-corrected chi connectivity index (χ0v) is 52.7. The standard InChI is InChI=1S/C68H87N9O15.CH4/c1-89-59-24-20-41(32-47(59)63(73)82)36-56(79)52(17-6-10-29-70)75-65(84)49-34-43(22-26-61(49)91-3)38-58(81)54(19-8-12-31-72)77-67(86)50-35-44(23-27-62(50)92-4)39-57(80)53(18-7-11-30-71)76-66(85)48-33-42(21-25-60(48)90-2)37-55(78)51(16-5-9-28-69)74-64(83)45-14-13-15-46(40-45)68(87)88;/h13-15,20-27,32-35,40,51-54H,5-12,16-19,28-31,36-39,69-72H2,1-4H3,(H2,73,82)(H,74,83)(H,75,84)(H,76,85)(H,77,86)(H,87,88);1H4/t51-,52-,53-,54-;/m0./s1. The zero-order chi connectivity index (χ0) is 67.3. The Morgan fingerprint density at radius 2 is 0.645 bits per heavy atom. The monoisotopic (exact) mass is 1290 g/mol. The number of unbranched alkanes of at least 4 members (excludes halogenated alkanes) is 4. The average molecular weight is 1290 g/mol. The second-order valence-electron chi connectivity index (χ2n) is 22.2. The number of ether oxygens (including phenoxy) is 4. The molecular formula is C69H91N9O15. The summed E-state index contributed by atoms with van der Waals surface area (Å²) in [6.07, 6.45) is 4.22. The SMILES string of the molecule is C.COc1ccc(CC(=O)[C@H](CCCCN)NC(=O)c2cc(CC(=O)[C@H](CCCCN)NC(=O)c3cc(CC(=O)[C@H](CCCCN)NC(=O)c4cc(CC(=O)[C@H](CCCCN)NC(=O)c5cccc(C(=O)O)c5)ccc4OC)ccc3OC)ccc2OC)cc1C(N)=O. The van der Waals surface area contributed by atoms with Crippen LogP contribution in [0.1, 0.15) is 169 Å². The van der Waals surface area contributed by atoms with Gasteiger partial charge in [-0.2, -0.15) is 0 Å². The molecule has 5 rings (SSSR count). The number of rotatable bonds is 42. The fourth-order valence-electron chi connectivity index (χ4n) is 10.5. The molecule has 24 nitrogen and oxygen atoms in total. The van der Waals surface area contributed by atoms with Crippen molar-refractivity contribution in [3.05, 3.63) is 153 Å². The fraction of sp³-hybridized carbons (Fsp3) is 0.420.